The van der Waals surface area contributed by atoms with Crippen molar-refractivity contribution in [1.82, 2.24) is 4.90 Å². The van der Waals surface area contributed by atoms with Crippen molar-refractivity contribution in [3.05, 3.63) is 23.2 Å². The van der Waals surface area contributed by atoms with Gasteiger partial charge in [-0.2, -0.15) is 0 Å². The van der Waals surface area contributed by atoms with Crippen molar-refractivity contribution in [2.45, 2.75) is 23.8 Å². The van der Waals surface area contributed by atoms with Gasteiger partial charge >= 0.3 is 0 Å². The minimum absolute atomic E-state index is 0.136. The van der Waals surface area contributed by atoms with E-state index in [1.54, 1.807) is 18.2 Å². The van der Waals surface area contributed by atoms with Crippen molar-refractivity contribution in [1.29, 1.82) is 0 Å². The molecule has 1 aromatic rings. The molecule has 0 bridgehead atoms. The highest BCUT2D eigenvalue weighted by molar-refractivity contribution is 8.00. The largest absolute Gasteiger partial charge is 0.398 e. The standard InChI is InChI=1S/C12H15ClN2OS/c1-15(8-5-6-8)11(16)7-17-12-9(13)3-2-4-10(12)14/h2-4,8H,5-7,14H2,1H3. The van der Waals surface area contributed by atoms with E-state index >= 15 is 0 Å². The van der Waals surface area contributed by atoms with E-state index in [1.165, 1.54) is 11.8 Å². The van der Waals surface area contributed by atoms with Crippen molar-refractivity contribution in [3.63, 3.8) is 0 Å². The third kappa shape index (κ3) is 3.07. The van der Waals surface area contributed by atoms with Crippen LogP contribution >= 0.6 is 23.4 Å². The van der Waals surface area contributed by atoms with E-state index < -0.39 is 0 Å². The van der Waals surface area contributed by atoms with Crippen LogP contribution in [-0.4, -0.2) is 29.6 Å². The zero-order chi connectivity index (χ0) is 12.4. The Morgan fingerprint density at radius 1 is 1.59 bits per heavy atom. The zero-order valence-electron chi connectivity index (χ0n) is 9.65. The molecule has 0 heterocycles. The average Bonchev–Trinajstić information content (AvgIpc) is 3.11. The van der Waals surface area contributed by atoms with Gasteiger partial charge in [0.05, 0.1) is 10.8 Å². The molecule has 0 unspecified atom stereocenters. The molecule has 2 N–H and O–H groups in total. The molecule has 1 fully saturated rings. The lowest BCUT2D eigenvalue weighted by Gasteiger charge is -2.16. The molecule has 0 spiro atoms. The van der Waals surface area contributed by atoms with E-state index in [2.05, 4.69) is 0 Å². The summed E-state index contributed by atoms with van der Waals surface area (Å²) in [6.07, 6.45) is 2.25. The van der Waals surface area contributed by atoms with Gasteiger partial charge in [0.25, 0.3) is 0 Å². The SMILES string of the molecule is CN(C(=O)CSc1c(N)cccc1Cl)C1CC1. The van der Waals surface area contributed by atoms with Crippen LogP contribution in [0.25, 0.3) is 0 Å². The first-order valence-electron chi connectivity index (χ1n) is 5.52. The van der Waals surface area contributed by atoms with Crippen molar-refractivity contribution in [2.24, 2.45) is 0 Å². The van der Waals surface area contributed by atoms with Crippen LogP contribution in [0, 0.1) is 0 Å². The van der Waals surface area contributed by atoms with Crippen molar-refractivity contribution in [2.75, 3.05) is 18.5 Å². The fourth-order valence-corrected chi connectivity index (χ4v) is 2.84. The second kappa shape index (κ2) is 5.19. The Morgan fingerprint density at radius 2 is 2.29 bits per heavy atom. The summed E-state index contributed by atoms with van der Waals surface area (Å²) in [5.41, 5.74) is 6.45. The minimum Gasteiger partial charge on any atom is -0.398 e. The number of rotatable bonds is 4. The Balaban J connectivity index is 1.95. The first kappa shape index (κ1) is 12.6. The maximum Gasteiger partial charge on any atom is 0.232 e. The fraction of sp³-hybridized carbons (Fsp3) is 0.417. The van der Waals surface area contributed by atoms with Crippen LogP contribution in [0.3, 0.4) is 0 Å². The van der Waals surface area contributed by atoms with E-state index in [1.807, 2.05) is 11.9 Å². The number of amides is 1. The van der Waals surface area contributed by atoms with E-state index in [4.69, 9.17) is 17.3 Å². The van der Waals surface area contributed by atoms with Gasteiger partial charge in [-0.3, -0.25) is 4.79 Å². The second-order valence-electron chi connectivity index (χ2n) is 4.18. The van der Waals surface area contributed by atoms with Gasteiger partial charge in [0, 0.05) is 23.7 Å². The third-order valence-corrected chi connectivity index (χ3v) is 4.39. The smallest absolute Gasteiger partial charge is 0.232 e. The molecule has 0 radical (unpaired) electrons. The molecule has 2 rings (SSSR count). The fourth-order valence-electron chi connectivity index (χ4n) is 1.58. The molecule has 5 heteroatoms. The number of carbonyl (C=O) groups is 1. The van der Waals surface area contributed by atoms with Crippen molar-refractivity contribution >= 4 is 35.0 Å². The summed E-state index contributed by atoms with van der Waals surface area (Å²) in [5.74, 6) is 0.526. The van der Waals surface area contributed by atoms with Crippen LogP contribution in [0.2, 0.25) is 5.02 Å². The topological polar surface area (TPSA) is 46.3 Å². The minimum atomic E-state index is 0.136. The molecule has 0 atom stereocenters. The van der Waals surface area contributed by atoms with Crippen molar-refractivity contribution in [3.8, 4) is 0 Å². The lowest BCUT2D eigenvalue weighted by Crippen LogP contribution is -2.30. The average molecular weight is 271 g/mol. The third-order valence-electron chi connectivity index (χ3n) is 2.83. The van der Waals surface area contributed by atoms with Crippen LogP contribution in [-0.2, 0) is 4.79 Å². The van der Waals surface area contributed by atoms with Gasteiger partial charge in [-0.15, -0.1) is 11.8 Å². The van der Waals surface area contributed by atoms with Gasteiger partial charge in [0.1, 0.15) is 0 Å². The van der Waals surface area contributed by atoms with E-state index in [0.717, 1.165) is 17.7 Å². The monoisotopic (exact) mass is 270 g/mol. The molecule has 1 amide bonds. The van der Waals surface area contributed by atoms with Crippen LogP contribution < -0.4 is 5.73 Å². The summed E-state index contributed by atoms with van der Waals surface area (Å²) < 4.78 is 0. The van der Waals surface area contributed by atoms with Crippen molar-refractivity contribution < 1.29 is 4.79 Å². The number of hydrogen-bond acceptors (Lipinski definition) is 3. The Hall–Kier alpha value is -0.870. The highest BCUT2D eigenvalue weighted by Gasteiger charge is 2.29. The van der Waals surface area contributed by atoms with E-state index in [9.17, 15) is 4.79 Å². The van der Waals surface area contributed by atoms with E-state index in [-0.39, 0.29) is 5.91 Å². The maximum absolute atomic E-state index is 11.8. The second-order valence-corrected chi connectivity index (χ2v) is 5.58. The summed E-state index contributed by atoms with van der Waals surface area (Å²) in [6.45, 7) is 0. The molecule has 0 saturated heterocycles. The number of nitrogens with zero attached hydrogens (tertiary/aromatic N) is 1. The van der Waals surface area contributed by atoms with Crippen LogP contribution in [0.4, 0.5) is 5.69 Å². The Bertz CT molecular complexity index is 414. The lowest BCUT2D eigenvalue weighted by atomic mass is 10.3. The van der Waals surface area contributed by atoms with Gasteiger partial charge in [0.2, 0.25) is 5.91 Å². The highest BCUT2D eigenvalue weighted by atomic mass is 35.5. The van der Waals surface area contributed by atoms with Gasteiger partial charge < -0.3 is 10.6 Å². The Morgan fingerprint density at radius 3 is 2.88 bits per heavy atom. The predicted octanol–water partition coefficient (Wildman–Crippen LogP) is 2.64. The van der Waals surface area contributed by atoms with Crippen LogP contribution in [0.5, 0.6) is 0 Å². The summed E-state index contributed by atoms with van der Waals surface area (Å²) in [6, 6.07) is 5.84. The number of halogens is 1. The molecule has 1 saturated carbocycles. The molecule has 92 valence electrons. The number of hydrogen-bond donors (Lipinski definition) is 1. The van der Waals surface area contributed by atoms with Gasteiger partial charge in [-0.25, -0.2) is 0 Å². The number of nitrogens with two attached hydrogens (primary N) is 1. The normalized spacial score (nSPS) is 14.7. The molecule has 1 aliphatic rings. The van der Waals surface area contributed by atoms with Crippen LogP contribution in [0.1, 0.15) is 12.8 Å². The zero-order valence-corrected chi connectivity index (χ0v) is 11.2. The number of carbonyl (C=O) groups excluding carboxylic acids is 1. The van der Waals surface area contributed by atoms with E-state index in [0.29, 0.717) is 22.5 Å². The molecule has 0 aliphatic heterocycles. The number of thioether (sulfide) groups is 1. The highest BCUT2D eigenvalue weighted by Crippen LogP contribution is 2.33. The first-order valence-corrected chi connectivity index (χ1v) is 6.88. The van der Waals surface area contributed by atoms with Gasteiger partial charge in [-0.05, 0) is 25.0 Å². The number of benzene rings is 1. The molecular weight excluding hydrogens is 256 g/mol. The molecule has 1 aliphatic carbocycles. The van der Waals surface area contributed by atoms with Gasteiger partial charge in [0.15, 0.2) is 0 Å². The number of nitrogen functional groups attached to an aromatic ring is 1. The lowest BCUT2D eigenvalue weighted by molar-refractivity contribution is -0.127. The molecule has 3 nitrogen and oxygen atoms in total. The molecule has 17 heavy (non-hydrogen) atoms. The predicted molar refractivity (Wildman–Crippen MR) is 72.4 cm³/mol. The Labute approximate surface area is 110 Å². The van der Waals surface area contributed by atoms with Gasteiger partial charge in [-0.1, -0.05) is 17.7 Å². The van der Waals surface area contributed by atoms with Crippen LogP contribution in [0.15, 0.2) is 23.1 Å². The molecule has 0 aromatic heterocycles. The summed E-state index contributed by atoms with van der Waals surface area (Å²) in [5, 5.41) is 0.608. The summed E-state index contributed by atoms with van der Waals surface area (Å²) >= 11 is 7.45. The Kier molecular flexibility index (Phi) is 3.84. The summed E-state index contributed by atoms with van der Waals surface area (Å²) in [7, 11) is 1.86. The summed E-state index contributed by atoms with van der Waals surface area (Å²) in [4.78, 5) is 14.5. The quantitative estimate of drug-likeness (QED) is 0.676. The first-order chi connectivity index (χ1) is 8.09. The molecular formula is C12H15ClN2OS. The number of anilines is 1. The molecule has 1 aromatic carbocycles. The maximum atomic E-state index is 11.8.